The van der Waals surface area contributed by atoms with Crippen molar-refractivity contribution < 1.29 is 14.3 Å². The average Bonchev–Trinajstić information content (AvgIpc) is 3.10. The summed E-state index contributed by atoms with van der Waals surface area (Å²) in [5, 5.41) is 8.46. The number of primary amides is 1. The van der Waals surface area contributed by atoms with Crippen molar-refractivity contribution in [2.75, 3.05) is 7.11 Å². The van der Waals surface area contributed by atoms with E-state index in [1.807, 2.05) is 54.6 Å². The van der Waals surface area contributed by atoms with Crippen molar-refractivity contribution in [3.63, 3.8) is 0 Å². The molecule has 0 aliphatic carbocycles. The van der Waals surface area contributed by atoms with Crippen LogP contribution >= 0.6 is 0 Å². The Labute approximate surface area is 161 Å². The molecule has 3 N–H and O–H groups in total. The maximum atomic E-state index is 11.3. The number of benzene rings is 2. The summed E-state index contributed by atoms with van der Waals surface area (Å²) in [6.07, 6.45) is 3.21. The highest BCUT2D eigenvalue weighted by Gasteiger charge is 2.15. The van der Waals surface area contributed by atoms with Crippen LogP contribution in [0.25, 0.3) is 11.3 Å². The van der Waals surface area contributed by atoms with Crippen LogP contribution in [0.2, 0.25) is 0 Å². The van der Waals surface area contributed by atoms with Gasteiger partial charge in [-0.3, -0.25) is 14.3 Å². The van der Waals surface area contributed by atoms with Gasteiger partial charge in [0.2, 0.25) is 0 Å². The van der Waals surface area contributed by atoms with Gasteiger partial charge in [-0.05, 0) is 17.7 Å². The quantitative estimate of drug-likeness (QED) is 0.385. The van der Waals surface area contributed by atoms with E-state index >= 15 is 0 Å². The number of nitrogens with zero attached hydrogens (tertiary/aromatic N) is 3. The maximum Gasteiger partial charge on any atom is 0.329 e. The Kier molecular flexibility index (Phi) is 5.81. The number of aromatic nitrogens is 2. The molecule has 28 heavy (non-hydrogen) atoms. The third kappa shape index (κ3) is 4.42. The van der Waals surface area contributed by atoms with Crippen molar-refractivity contribution in [2.45, 2.75) is 6.54 Å². The number of carbonyl (C=O) groups is 2. The molecule has 2 aromatic carbocycles. The summed E-state index contributed by atoms with van der Waals surface area (Å²) in [4.78, 5) is 22.1. The van der Waals surface area contributed by atoms with E-state index in [-0.39, 0.29) is 0 Å². The zero-order chi connectivity index (χ0) is 19.9. The second-order valence-corrected chi connectivity index (χ2v) is 5.88. The van der Waals surface area contributed by atoms with E-state index in [0.717, 1.165) is 11.1 Å². The topological polar surface area (TPSA) is 112 Å². The van der Waals surface area contributed by atoms with Gasteiger partial charge >= 0.3 is 11.8 Å². The van der Waals surface area contributed by atoms with Gasteiger partial charge in [0.05, 0.1) is 19.9 Å². The number of methoxy groups -OCH3 is 1. The summed E-state index contributed by atoms with van der Waals surface area (Å²) >= 11 is 0. The summed E-state index contributed by atoms with van der Waals surface area (Å²) in [5.41, 5.74) is 10.1. The molecule has 8 nitrogen and oxygen atoms in total. The number of ether oxygens (including phenoxy) is 1. The molecule has 0 saturated carbocycles. The highest BCUT2D eigenvalue weighted by molar-refractivity contribution is 6.34. The molecular formula is C20H19N5O3. The van der Waals surface area contributed by atoms with Crippen molar-refractivity contribution in [3.05, 3.63) is 71.9 Å². The molecule has 1 heterocycles. The number of carbonyl (C=O) groups excluding carboxylic acids is 2. The lowest BCUT2D eigenvalue weighted by atomic mass is 10.1. The first-order valence-corrected chi connectivity index (χ1v) is 8.46. The fourth-order valence-corrected chi connectivity index (χ4v) is 2.65. The van der Waals surface area contributed by atoms with Gasteiger partial charge in [-0.15, -0.1) is 0 Å². The molecule has 3 aromatic rings. The monoisotopic (exact) mass is 377 g/mol. The molecule has 142 valence electrons. The van der Waals surface area contributed by atoms with Gasteiger partial charge in [0.25, 0.3) is 0 Å². The summed E-state index contributed by atoms with van der Waals surface area (Å²) in [6, 6.07) is 17.3. The van der Waals surface area contributed by atoms with Crippen LogP contribution in [0.15, 0.2) is 65.9 Å². The van der Waals surface area contributed by atoms with Crippen molar-refractivity contribution >= 4 is 18.0 Å². The van der Waals surface area contributed by atoms with Crippen LogP contribution < -0.4 is 15.9 Å². The van der Waals surface area contributed by atoms with E-state index in [1.165, 1.54) is 6.21 Å². The molecule has 8 heteroatoms. The standard InChI is InChI=1S/C20H19N5O3/c1-28-17-10-6-5-9-16(17)18-15(11-22-23-20(27)19(21)26)13-25(24-18)12-14-7-3-2-4-8-14/h2-11,13H,12H2,1H3,(H2,21,26)(H,23,27)/b22-11-. The number of para-hydroxylation sites is 1. The third-order valence-corrected chi connectivity index (χ3v) is 3.93. The first kappa shape index (κ1) is 18.8. The van der Waals surface area contributed by atoms with E-state index in [0.29, 0.717) is 23.6 Å². The van der Waals surface area contributed by atoms with Gasteiger partial charge in [0, 0.05) is 17.3 Å². The lowest BCUT2D eigenvalue weighted by Crippen LogP contribution is -2.32. The highest BCUT2D eigenvalue weighted by Crippen LogP contribution is 2.30. The molecule has 0 unspecified atom stereocenters. The zero-order valence-electron chi connectivity index (χ0n) is 15.2. The van der Waals surface area contributed by atoms with Gasteiger partial charge in [0.15, 0.2) is 0 Å². The van der Waals surface area contributed by atoms with Gasteiger partial charge in [0.1, 0.15) is 11.4 Å². The SMILES string of the molecule is COc1ccccc1-c1nn(Cc2ccccc2)cc1/C=N\NC(=O)C(N)=O. The Morgan fingerprint density at radius 3 is 2.61 bits per heavy atom. The number of hydrazone groups is 1. The fourth-order valence-electron chi connectivity index (χ4n) is 2.65. The van der Waals surface area contributed by atoms with E-state index in [4.69, 9.17) is 10.5 Å². The number of nitrogens with two attached hydrogens (primary N) is 1. The number of amides is 2. The molecule has 0 atom stereocenters. The summed E-state index contributed by atoms with van der Waals surface area (Å²) < 4.78 is 7.20. The fraction of sp³-hybridized carbons (Fsp3) is 0.100. The molecule has 2 amide bonds. The van der Waals surface area contributed by atoms with E-state index in [9.17, 15) is 9.59 Å². The molecule has 3 rings (SSSR count). The molecular weight excluding hydrogens is 358 g/mol. The Bertz CT molecular complexity index is 1010. The second-order valence-electron chi connectivity index (χ2n) is 5.88. The minimum Gasteiger partial charge on any atom is -0.496 e. The normalized spacial score (nSPS) is 10.8. The van der Waals surface area contributed by atoms with Crippen molar-refractivity contribution in [3.8, 4) is 17.0 Å². The predicted molar refractivity (Wildman–Crippen MR) is 105 cm³/mol. The van der Waals surface area contributed by atoms with Crippen LogP contribution in [0.3, 0.4) is 0 Å². The Morgan fingerprint density at radius 1 is 1.18 bits per heavy atom. The van der Waals surface area contributed by atoms with Crippen LogP contribution in [0.1, 0.15) is 11.1 Å². The van der Waals surface area contributed by atoms with Crippen molar-refractivity contribution in [2.24, 2.45) is 10.8 Å². The number of nitrogens with one attached hydrogen (secondary N) is 1. The largest absolute Gasteiger partial charge is 0.496 e. The molecule has 0 aliphatic heterocycles. The minimum atomic E-state index is -1.11. The van der Waals surface area contributed by atoms with Crippen molar-refractivity contribution in [1.29, 1.82) is 0 Å². The second kappa shape index (κ2) is 8.63. The van der Waals surface area contributed by atoms with Gasteiger partial charge in [-0.1, -0.05) is 42.5 Å². The molecule has 0 saturated heterocycles. The average molecular weight is 377 g/mol. The minimum absolute atomic E-state index is 0.560. The summed E-state index contributed by atoms with van der Waals surface area (Å²) in [5.74, 6) is -1.45. The number of hydrogen-bond donors (Lipinski definition) is 2. The van der Waals surface area contributed by atoms with E-state index in [2.05, 4.69) is 15.6 Å². The Hall–Kier alpha value is -3.94. The molecule has 0 bridgehead atoms. The van der Waals surface area contributed by atoms with Crippen LogP contribution in [0.4, 0.5) is 0 Å². The van der Waals surface area contributed by atoms with Crippen LogP contribution in [0, 0.1) is 0 Å². The Balaban J connectivity index is 1.96. The molecule has 1 aromatic heterocycles. The van der Waals surface area contributed by atoms with Gasteiger partial charge in [-0.2, -0.15) is 10.2 Å². The van der Waals surface area contributed by atoms with Crippen LogP contribution in [-0.4, -0.2) is 34.9 Å². The maximum absolute atomic E-state index is 11.3. The van der Waals surface area contributed by atoms with E-state index in [1.54, 1.807) is 18.0 Å². The lowest BCUT2D eigenvalue weighted by Gasteiger charge is -2.06. The van der Waals surface area contributed by atoms with Crippen LogP contribution in [0.5, 0.6) is 5.75 Å². The number of hydrogen-bond acceptors (Lipinski definition) is 5. The number of rotatable bonds is 6. The van der Waals surface area contributed by atoms with Gasteiger partial charge < -0.3 is 10.5 Å². The Morgan fingerprint density at radius 2 is 1.89 bits per heavy atom. The third-order valence-electron chi connectivity index (χ3n) is 3.93. The predicted octanol–water partition coefficient (Wildman–Crippen LogP) is 1.54. The molecule has 0 aliphatic rings. The molecule has 0 fully saturated rings. The zero-order valence-corrected chi connectivity index (χ0v) is 15.2. The first-order chi connectivity index (χ1) is 13.6. The van der Waals surface area contributed by atoms with E-state index < -0.39 is 11.8 Å². The molecule has 0 radical (unpaired) electrons. The smallest absolute Gasteiger partial charge is 0.329 e. The van der Waals surface area contributed by atoms with Gasteiger partial charge in [-0.25, -0.2) is 5.43 Å². The lowest BCUT2D eigenvalue weighted by molar-refractivity contribution is -0.137. The highest BCUT2D eigenvalue weighted by atomic mass is 16.5. The summed E-state index contributed by atoms with van der Waals surface area (Å²) in [6.45, 7) is 0.560. The summed E-state index contributed by atoms with van der Waals surface area (Å²) in [7, 11) is 1.58. The van der Waals surface area contributed by atoms with Crippen molar-refractivity contribution in [1.82, 2.24) is 15.2 Å². The molecule has 0 spiro atoms. The first-order valence-electron chi connectivity index (χ1n) is 8.46. The van der Waals surface area contributed by atoms with Crippen LogP contribution in [-0.2, 0) is 16.1 Å².